The van der Waals surface area contributed by atoms with Crippen molar-refractivity contribution in [2.75, 3.05) is 48.4 Å². The summed E-state index contributed by atoms with van der Waals surface area (Å²) in [4.78, 5) is 31.8. The Morgan fingerprint density at radius 1 is 0.597 bits per heavy atom. The molecule has 2 aromatic carbocycles. The molecular weight excluding hydrogens is 915 g/mol. The van der Waals surface area contributed by atoms with Crippen LogP contribution in [0.25, 0.3) is 0 Å². The molecule has 4 rings (SSSR count). The van der Waals surface area contributed by atoms with Crippen molar-refractivity contribution in [3.63, 3.8) is 0 Å². The Kier molecular flexibility index (Phi) is 17.4. The fourth-order valence-electron chi connectivity index (χ4n) is 5.62. The summed E-state index contributed by atoms with van der Waals surface area (Å²) >= 11 is 1.15. The third-order valence-corrected chi connectivity index (χ3v) is 13.4. The Balaban J connectivity index is 0.000000331. The first kappa shape index (κ1) is 51.4. The zero-order valence-corrected chi connectivity index (χ0v) is 37.2. The fraction of sp³-hybridized carbons (Fsp3) is 0.368. The third-order valence-electron chi connectivity index (χ3n) is 8.48. The van der Waals surface area contributed by atoms with Crippen molar-refractivity contribution in [1.82, 2.24) is 9.97 Å². The maximum Gasteiger partial charge on any atom is 0.418 e. The summed E-state index contributed by atoms with van der Waals surface area (Å²) in [7, 11) is -10.1. The lowest BCUT2D eigenvalue weighted by molar-refractivity contribution is -0.138. The van der Waals surface area contributed by atoms with Gasteiger partial charge in [0.05, 0.1) is 59.7 Å². The Labute approximate surface area is 359 Å². The molecule has 4 aromatic rings. The lowest BCUT2D eigenvalue weighted by Gasteiger charge is -2.23. The minimum atomic E-state index is -5.02. The molecule has 24 heteroatoms. The maximum atomic E-state index is 13.8. The van der Waals surface area contributed by atoms with E-state index in [1.54, 1.807) is 26.0 Å². The van der Waals surface area contributed by atoms with E-state index < -0.39 is 93.7 Å². The van der Waals surface area contributed by atoms with Gasteiger partial charge in [0, 0.05) is 43.6 Å². The predicted molar refractivity (Wildman–Crippen MR) is 221 cm³/mol. The number of anilines is 2. The van der Waals surface area contributed by atoms with Crippen LogP contribution in [-0.4, -0.2) is 87.0 Å². The number of nitrogens with zero attached hydrogens (tertiary/aromatic N) is 4. The van der Waals surface area contributed by atoms with Crippen LogP contribution in [0.2, 0.25) is 0 Å². The highest BCUT2D eigenvalue weighted by atomic mass is 32.2. The Hall–Kier alpha value is -4.94. The minimum absolute atomic E-state index is 0.0242. The number of benzene rings is 2. The summed E-state index contributed by atoms with van der Waals surface area (Å²) in [5.74, 6) is -3.07. The summed E-state index contributed by atoms with van der Waals surface area (Å²) in [6, 6.07) is 12.9. The molecule has 0 fully saturated rings. The normalized spacial score (nSPS) is 12.2. The molecule has 0 aliphatic carbocycles. The highest BCUT2D eigenvalue weighted by Crippen LogP contribution is 2.42. The van der Waals surface area contributed by atoms with Crippen molar-refractivity contribution in [1.29, 1.82) is 0 Å². The summed E-state index contributed by atoms with van der Waals surface area (Å²) in [5.41, 5.74) is -3.78. The number of rotatable bonds is 16. The van der Waals surface area contributed by atoms with Crippen LogP contribution in [0.3, 0.4) is 0 Å². The van der Waals surface area contributed by atoms with Crippen molar-refractivity contribution in [3.05, 3.63) is 118 Å². The molecule has 0 amide bonds. The lowest BCUT2D eigenvalue weighted by atomic mass is 10.1. The average Bonchev–Trinajstić information content (AvgIpc) is 3.16. The molecule has 0 N–H and O–H groups in total. The Morgan fingerprint density at radius 3 is 1.40 bits per heavy atom. The van der Waals surface area contributed by atoms with E-state index in [0.717, 1.165) is 62.6 Å². The number of aromatic nitrogens is 2. The zero-order valence-electron chi connectivity index (χ0n) is 33.9. The number of hydrogen-bond acceptors (Lipinski definition) is 13. The van der Waals surface area contributed by atoms with Gasteiger partial charge in [0.15, 0.2) is 21.2 Å². The van der Waals surface area contributed by atoms with Gasteiger partial charge in [-0.1, -0.05) is 36.4 Å². The summed E-state index contributed by atoms with van der Waals surface area (Å²) < 4.78 is 166. The molecule has 0 saturated carbocycles. The molecule has 0 bridgehead atoms. The number of hydrogen-bond donors (Lipinski definition) is 0. The number of thioether (sulfide) groups is 1. The van der Waals surface area contributed by atoms with Crippen LogP contribution in [-0.2, 0) is 74.7 Å². The van der Waals surface area contributed by atoms with Crippen LogP contribution in [0.15, 0.2) is 73.1 Å². The van der Waals surface area contributed by atoms with E-state index in [1.807, 2.05) is 0 Å². The van der Waals surface area contributed by atoms with Gasteiger partial charge in [0.1, 0.15) is 0 Å². The first-order valence-corrected chi connectivity index (χ1v) is 24.6. The standard InChI is InChI=1S/C19H21F3N2O6S2.C19H21F3N2O4S2/c1-4-30-18(25)17-14(8-6-10-23-17)12-32(28,29)11-13-7-5-9-15(16(13)19(20,21)22)24(2)31(3,26)27;1-4-28-18(25)17-14(8-6-10-23-17)12-29-11-13-7-5-9-15(16(13)19(20,21)22)24(2)30(3,26)27/h5-10H,4,11-12H2,1-3H3;5-10H,4,11-12H2,1-3H3. The van der Waals surface area contributed by atoms with Gasteiger partial charge in [-0.05, 0) is 54.8 Å². The minimum Gasteiger partial charge on any atom is -0.461 e. The molecule has 14 nitrogen and oxygen atoms in total. The van der Waals surface area contributed by atoms with Gasteiger partial charge < -0.3 is 9.47 Å². The van der Waals surface area contributed by atoms with E-state index in [9.17, 15) is 61.2 Å². The molecule has 62 heavy (non-hydrogen) atoms. The summed E-state index contributed by atoms with van der Waals surface area (Å²) in [6.07, 6.45) is -5.49. The Bertz CT molecular complexity index is 2580. The van der Waals surface area contributed by atoms with Crippen LogP contribution in [0.1, 0.15) is 68.2 Å². The molecular formula is C38H42F6N4O10S4. The average molecular weight is 957 g/mol. The molecule has 340 valence electrons. The molecule has 0 unspecified atom stereocenters. The number of ether oxygens (including phenoxy) is 2. The largest absolute Gasteiger partial charge is 0.461 e. The predicted octanol–water partition coefficient (Wildman–Crippen LogP) is 6.89. The van der Waals surface area contributed by atoms with Gasteiger partial charge in [-0.2, -0.15) is 38.1 Å². The highest BCUT2D eigenvalue weighted by molar-refractivity contribution is 7.97. The summed E-state index contributed by atoms with van der Waals surface area (Å²) in [6.45, 7) is 3.42. The SMILES string of the molecule is CCOC(=O)c1ncccc1CS(=O)(=O)Cc1cccc(N(C)S(C)(=O)=O)c1C(F)(F)F.CCOC(=O)c1ncccc1CSCc1cccc(N(C)S(C)(=O)=O)c1C(F)(F)F. The van der Waals surface area contributed by atoms with Crippen molar-refractivity contribution in [2.45, 2.75) is 49.2 Å². The van der Waals surface area contributed by atoms with E-state index in [4.69, 9.17) is 9.47 Å². The monoisotopic (exact) mass is 956 g/mol. The van der Waals surface area contributed by atoms with Crippen LogP contribution >= 0.6 is 11.8 Å². The van der Waals surface area contributed by atoms with Gasteiger partial charge in [-0.3, -0.25) is 8.61 Å². The number of pyridine rings is 2. The quantitative estimate of drug-likeness (QED) is 0.0835. The van der Waals surface area contributed by atoms with Gasteiger partial charge in [-0.15, -0.1) is 0 Å². The van der Waals surface area contributed by atoms with Crippen LogP contribution in [0, 0.1) is 0 Å². The Morgan fingerprint density at radius 2 is 0.968 bits per heavy atom. The first-order chi connectivity index (χ1) is 28.6. The second-order valence-electron chi connectivity index (χ2n) is 13.1. The number of sulfonamides is 2. The first-order valence-electron chi connectivity index (χ1n) is 17.9. The topological polar surface area (TPSA) is 187 Å². The smallest absolute Gasteiger partial charge is 0.418 e. The van der Waals surface area contributed by atoms with Gasteiger partial charge in [0.2, 0.25) is 20.0 Å². The number of halogens is 6. The van der Waals surface area contributed by atoms with Crippen LogP contribution < -0.4 is 8.61 Å². The van der Waals surface area contributed by atoms with Crippen molar-refractivity contribution in [2.24, 2.45) is 0 Å². The van der Waals surface area contributed by atoms with E-state index in [-0.39, 0.29) is 47.2 Å². The van der Waals surface area contributed by atoms with E-state index in [1.165, 1.54) is 36.7 Å². The number of carbonyl (C=O) groups excluding carboxylic acids is 2. The molecule has 0 aliphatic rings. The molecule has 0 atom stereocenters. The van der Waals surface area contributed by atoms with Gasteiger partial charge >= 0.3 is 24.3 Å². The highest BCUT2D eigenvalue weighted by Gasteiger charge is 2.40. The second kappa shape index (κ2) is 21.0. The summed E-state index contributed by atoms with van der Waals surface area (Å²) in [5, 5.41) is 0. The third kappa shape index (κ3) is 14.0. The van der Waals surface area contributed by atoms with Crippen molar-refractivity contribution < 1.29 is 70.7 Å². The van der Waals surface area contributed by atoms with Crippen molar-refractivity contribution in [3.8, 4) is 0 Å². The van der Waals surface area contributed by atoms with Crippen LogP contribution in [0.4, 0.5) is 37.7 Å². The van der Waals surface area contributed by atoms with E-state index in [2.05, 4.69) is 9.97 Å². The van der Waals surface area contributed by atoms with Gasteiger partial charge in [-0.25, -0.2) is 44.8 Å². The number of alkyl halides is 6. The molecule has 0 spiro atoms. The molecule has 2 heterocycles. The fourth-order valence-corrected chi connectivity index (χ4v) is 9.18. The molecule has 0 saturated heterocycles. The number of carbonyl (C=O) groups is 2. The second-order valence-corrected chi connectivity index (χ2v) is 20.1. The number of esters is 2. The zero-order chi connectivity index (χ0) is 46.8. The lowest BCUT2D eigenvalue weighted by Crippen LogP contribution is -2.28. The molecule has 0 radical (unpaired) electrons. The molecule has 2 aromatic heterocycles. The van der Waals surface area contributed by atoms with Crippen molar-refractivity contribution >= 4 is 65.0 Å². The number of sulfone groups is 1. The van der Waals surface area contributed by atoms with E-state index >= 15 is 0 Å². The maximum absolute atomic E-state index is 13.8. The van der Waals surface area contributed by atoms with Crippen LogP contribution in [0.5, 0.6) is 0 Å². The molecule has 0 aliphatic heterocycles. The van der Waals surface area contributed by atoms with E-state index in [0.29, 0.717) is 14.2 Å². The van der Waals surface area contributed by atoms with Gasteiger partial charge in [0.25, 0.3) is 0 Å².